The summed E-state index contributed by atoms with van der Waals surface area (Å²) in [6.45, 7) is 9.08. The van der Waals surface area contributed by atoms with Gasteiger partial charge in [0, 0.05) is 97.7 Å². The third-order valence-electron chi connectivity index (χ3n) is 12.8. The maximum absolute atomic E-state index is 11.6. The SMILES string of the molecule is COC(=O)CN1CCc2nc(-c3ccc(OC4CC(N5CCCCC5)C4)cc3)sc2C1.c1cc(-c2nc3c(s2)CNCC3)ccc1OC1CC(N2CCCCC2)C1. The van der Waals surface area contributed by atoms with Gasteiger partial charge in [-0.2, -0.15) is 0 Å². The molecular formula is C45H58N6O4S2. The molecule has 0 unspecified atom stereocenters. The van der Waals surface area contributed by atoms with Crippen LogP contribution in [0.2, 0.25) is 0 Å². The van der Waals surface area contributed by atoms with Crippen LogP contribution in [0.15, 0.2) is 48.5 Å². The topological polar surface area (TPSA) is 92.3 Å². The molecule has 0 amide bonds. The van der Waals surface area contributed by atoms with Crippen molar-refractivity contribution in [3.8, 4) is 32.6 Å². The van der Waals surface area contributed by atoms with Crippen LogP contribution in [0, 0.1) is 0 Å². The van der Waals surface area contributed by atoms with E-state index in [2.05, 4.69) is 68.5 Å². The van der Waals surface area contributed by atoms with E-state index < -0.39 is 0 Å². The average Bonchev–Trinajstić information content (AvgIpc) is 3.86. The van der Waals surface area contributed by atoms with E-state index in [0.29, 0.717) is 18.8 Å². The highest BCUT2D eigenvalue weighted by Gasteiger charge is 2.36. The first-order valence-electron chi connectivity index (χ1n) is 21.5. The molecule has 0 atom stereocenters. The third kappa shape index (κ3) is 9.58. The lowest BCUT2D eigenvalue weighted by molar-refractivity contribution is -0.142. The summed E-state index contributed by atoms with van der Waals surface area (Å²) in [5.41, 5.74) is 4.78. The standard InChI is InChI=1S/C24H31N3O3S.C21H27N3OS/c1-29-23(28)16-26-12-9-21-22(15-26)31-24(25-21)17-5-7-19(8-6-17)30-20-13-18(14-20)27-10-3-2-4-11-27;1-2-10-24(11-3-1)16-12-18(13-16)25-17-6-4-15(5-7-17)21-23-19-8-9-22-14-20(19)26-21/h5-8,18,20H,2-4,9-16H2,1H3;4-7,16,18,22H,1-3,8-14H2. The molecule has 4 aliphatic heterocycles. The van der Waals surface area contributed by atoms with Crippen LogP contribution in [-0.4, -0.2) is 108 Å². The van der Waals surface area contributed by atoms with Crippen molar-refractivity contribution >= 4 is 28.6 Å². The molecule has 10 nitrogen and oxygen atoms in total. The number of nitrogens with zero attached hydrogens (tertiary/aromatic N) is 5. The van der Waals surface area contributed by atoms with Gasteiger partial charge in [-0.1, -0.05) is 12.8 Å². The molecule has 2 aromatic heterocycles. The average molecular weight is 811 g/mol. The van der Waals surface area contributed by atoms with Gasteiger partial charge in [-0.3, -0.25) is 9.69 Å². The van der Waals surface area contributed by atoms with Gasteiger partial charge in [0.05, 0.1) is 25.0 Å². The molecule has 12 heteroatoms. The van der Waals surface area contributed by atoms with Gasteiger partial charge in [0.1, 0.15) is 33.7 Å². The van der Waals surface area contributed by atoms with Gasteiger partial charge in [-0.15, -0.1) is 22.7 Å². The zero-order valence-electron chi connectivity index (χ0n) is 33.5. The summed E-state index contributed by atoms with van der Waals surface area (Å²) in [4.78, 5) is 31.4. The molecule has 2 aliphatic carbocycles. The molecule has 0 radical (unpaired) electrons. The Kier molecular flexibility index (Phi) is 12.5. The minimum atomic E-state index is -0.183. The number of benzene rings is 2. The van der Waals surface area contributed by atoms with Gasteiger partial charge in [0.15, 0.2) is 0 Å². The summed E-state index contributed by atoms with van der Waals surface area (Å²) in [5.74, 6) is 1.77. The molecule has 304 valence electrons. The molecule has 4 fully saturated rings. The third-order valence-corrected chi connectivity index (χ3v) is 15.0. The molecule has 4 aromatic rings. The fourth-order valence-electron chi connectivity index (χ4n) is 9.17. The van der Waals surface area contributed by atoms with Crippen LogP contribution >= 0.6 is 22.7 Å². The van der Waals surface area contributed by atoms with E-state index in [-0.39, 0.29) is 5.97 Å². The zero-order chi connectivity index (χ0) is 38.6. The lowest BCUT2D eigenvalue weighted by Gasteiger charge is -2.44. The molecule has 6 aliphatic rings. The molecule has 2 saturated heterocycles. The number of aromatic nitrogens is 2. The Morgan fingerprint density at radius 3 is 1.70 bits per heavy atom. The van der Waals surface area contributed by atoms with Gasteiger partial charge in [-0.05, 0) is 100 Å². The Hall–Kier alpha value is -3.39. The Bertz CT molecular complexity index is 1900. The monoisotopic (exact) mass is 810 g/mol. The number of methoxy groups -OCH3 is 1. The minimum absolute atomic E-state index is 0.183. The quantitative estimate of drug-likeness (QED) is 0.162. The summed E-state index contributed by atoms with van der Waals surface area (Å²) >= 11 is 3.55. The van der Waals surface area contributed by atoms with Crippen LogP contribution in [0.1, 0.15) is 85.4 Å². The summed E-state index contributed by atoms with van der Waals surface area (Å²) in [6, 6.07) is 18.4. The first-order valence-corrected chi connectivity index (χ1v) is 23.2. The second kappa shape index (κ2) is 18.3. The van der Waals surface area contributed by atoms with Gasteiger partial charge in [0.2, 0.25) is 0 Å². The highest BCUT2D eigenvalue weighted by Crippen LogP contribution is 2.36. The van der Waals surface area contributed by atoms with Gasteiger partial charge < -0.3 is 29.3 Å². The Morgan fingerprint density at radius 1 is 0.684 bits per heavy atom. The van der Waals surface area contributed by atoms with Crippen molar-refractivity contribution in [1.82, 2.24) is 30.0 Å². The molecule has 10 rings (SSSR count). The van der Waals surface area contributed by atoms with E-state index in [0.717, 1.165) is 91.0 Å². The molecule has 2 aromatic carbocycles. The Labute approximate surface area is 345 Å². The van der Waals surface area contributed by atoms with Crippen LogP contribution in [0.25, 0.3) is 21.1 Å². The zero-order valence-corrected chi connectivity index (χ0v) is 35.1. The minimum Gasteiger partial charge on any atom is -0.490 e. The van der Waals surface area contributed by atoms with E-state index >= 15 is 0 Å². The number of likely N-dealkylation sites (tertiary alicyclic amines) is 2. The largest absolute Gasteiger partial charge is 0.490 e. The van der Waals surface area contributed by atoms with Crippen molar-refractivity contribution in [2.24, 2.45) is 0 Å². The number of carbonyl (C=O) groups is 1. The predicted molar refractivity (Wildman–Crippen MR) is 227 cm³/mol. The number of piperidine rings is 2. The van der Waals surface area contributed by atoms with E-state index in [9.17, 15) is 4.79 Å². The van der Waals surface area contributed by atoms with Gasteiger partial charge >= 0.3 is 5.97 Å². The molecular weight excluding hydrogens is 753 g/mol. The smallest absolute Gasteiger partial charge is 0.319 e. The number of nitrogens with one attached hydrogen (secondary N) is 1. The van der Waals surface area contributed by atoms with Crippen LogP contribution < -0.4 is 14.8 Å². The molecule has 6 heterocycles. The maximum atomic E-state index is 11.6. The lowest BCUT2D eigenvalue weighted by Crippen LogP contribution is -2.50. The van der Waals surface area contributed by atoms with Crippen LogP contribution in [-0.2, 0) is 35.5 Å². The number of ether oxygens (including phenoxy) is 3. The second-order valence-corrected chi connectivity index (χ2v) is 18.9. The van der Waals surface area contributed by atoms with Crippen molar-refractivity contribution < 1.29 is 19.0 Å². The molecule has 2 saturated carbocycles. The summed E-state index contributed by atoms with van der Waals surface area (Å²) in [7, 11) is 1.44. The van der Waals surface area contributed by atoms with E-state index in [1.54, 1.807) is 11.3 Å². The number of hydrogen-bond acceptors (Lipinski definition) is 12. The molecule has 57 heavy (non-hydrogen) atoms. The molecule has 1 N–H and O–H groups in total. The van der Waals surface area contributed by atoms with Crippen LogP contribution in [0.3, 0.4) is 0 Å². The van der Waals surface area contributed by atoms with Crippen molar-refractivity contribution in [1.29, 1.82) is 0 Å². The number of carbonyl (C=O) groups excluding carboxylic acids is 1. The van der Waals surface area contributed by atoms with Crippen molar-refractivity contribution in [2.45, 2.75) is 114 Å². The van der Waals surface area contributed by atoms with Crippen molar-refractivity contribution in [2.75, 3.05) is 52.9 Å². The van der Waals surface area contributed by atoms with E-state index in [4.69, 9.17) is 24.2 Å². The number of rotatable bonds is 10. The second-order valence-electron chi connectivity index (χ2n) is 16.7. The fraction of sp³-hybridized carbons (Fsp3) is 0.578. The van der Waals surface area contributed by atoms with E-state index in [1.807, 2.05) is 11.3 Å². The molecule has 0 spiro atoms. The van der Waals surface area contributed by atoms with Crippen LogP contribution in [0.4, 0.5) is 0 Å². The highest BCUT2D eigenvalue weighted by molar-refractivity contribution is 7.15. The number of hydrogen-bond donors (Lipinski definition) is 1. The molecule has 0 bridgehead atoms. The van der Waals surface area contributed by atoms with Crippen LogP contribution in [0.5, 0.6) is 11.5 Å². The highest BCUT2D eigenvalue weighted by atomic mass is 32.1. The number of thiazole rings is 2. The summed E-state index contributed by atoms with van der Waals surface area (Å²) in [5, 5.41) is 5.61. The number of esters is 1. The lowest BCUT2D eigenvalue weighted by atomic mass is 9.86. The summed E-state index contributed by atoms with van der Waals surface area (Å²) in [6.07, 6.45) is 15.6. The summed E-state index contributed by atoms with van der Waals surface area (Å²) < 4.78 is 17.2. The number of fused-ring (bicyclic) bond motifs is 2. The fourth-order valence-corrected chi connectivity index (χ4v) is 11.4. The van der Waals surface area contributed by atoms with Gasteiger partial charge in [0.25, 0.3) is 0 Å². The predicted octanol–water partition coefficient (Wildman–Crippen LogP) is 7.59. The Balaban J connectivity index is 0.000000150. The van der Waals surface area contributed by atoms with Crippen molar-refractivity contribution in [3.63, 3.8) is 0 Å². The Morgan fingerprint density at radius 2 is 1.19 bits per heavy atom. The van der Waals surface area contributed by atoms with Crippen molar-refractivity contribution in [3.05, 3.63) is 69.7 Å². The maximum Gasteiger partial charge on any atom is 0.319 e. The first kappa shape index (κ1) is 39.1. The first-order chi connectivity index (χ1) is 28.0. The van der Waals surface area contributed by atoms with Gasteiger partial charge in [-0.25, -0.2) is 9.97 Å². The normalized spacial score (nSPS) is 25.1. The van der Waals surface area contributed by atoms with E-state index in [1.165, 1.54) is 111 Å².